The molecule has 0 N–H and O–H groups in total. The molecule has 1 saturated heterocycles. The molecule has 1 aliphatic heterocycles. The van der Waals surface area contributed by atoms with E-state index in [0.717, 1.165) is 23.9 Å². The van der Waals surface area contributed by atoms with Crippen LogP contribution in [0.15, 0.2) is 0 Å². The quantitative estimate of drug-likeness (QED) is 0.493. The number of hydrogen-bond donors (Lipinski definition) is 0. The van der Waals surface area contributed by atoms with Crippen LogP contribution in [0.5, 0.6) is 0 Å². The molecular formula is C21H49N. The van der Waals surface area contributed by atoms with Crippen molar-refractivity contribution in [2.75, 3.05) is 7.05 Å². The first-order chi connectivity index (χ1) is 10.6. The van der Waals surface area contributed by atoms with Crippen LogP contribution in [0.25, 0.3) is 0 Å². The Bertz CT molecular complexity index is 170. The van der Waals surface area contributed by atoms with Gasteiger partial charge >= 0.3 is 0 Å². The monoisotopic (exact) mass is 315 g/mol. The smallest absolute Gasteiger partial charge is 0.0124 e. The maximum Gasteiger partial charge on any atom is 0.0124 e. The minimum Gasteiger partial charge on any atom is -0.300 e. The zero-order valence-electron chi connectivity index (χ0n) is 18.0. The molecule has 4 atom stereocenters. The van der Waals surface area contributed by atoms with E-state index in [-0.39, 0.29) is 0 Å². The molecule has 1 fully saturated rings. The van der Waals surface area contributed by atoms with E-state index in [1.807, 2.05) is 41.5 Å². The molecule has 4 unspecified atom stereocenters. The van der Waals surface area contributed by atoms with Crippen LogP contribution in [0, 0.1) is 11.8 Å². The van der Waals surface area contributed by atoms with Crippen LogP contribution in [0.2, 0.25) is 0 Å². The van der Waals surface area contributed by atoms with Crippen LogP contribution in [0.3, 0.4) is 0 Å². The van der Waals surface area contributed by atoms with E-state index in [9.17, 15) is 0 Å². The SMILES string of the molecule is CC.CC.CC.CCCCC1C(C)C(C)C(CCCC)N1C. The highest BCUT2D eigenvalue weighted by atomic mass is 15.2. The lowest BCUT2D eigenvalue weighted by Crippen LogP contribution is -2.34. The van der Waals surface area contributed by atoms with Crippen LogP contribution in [0.1, 0.15) is 108 Å². The number of nitrogens with zero attached hydrogens (tertiary/aromatic N) is 1. The topological polar surface area (TPSA) is 3.24 Å². The van der Waals surface area contributed by atoms with Crippen molar-refractivity contribution >= 4 is 0 Å². The molecular weight excluding hydrogens is 266 g/mol. The molecule has 1 heteroatoms. The summed E-state index contributed by atoms with van der Waals surface area (Å²) < 4.78 is 0. The zero-order chi connectivity index (χ0) is 18.1. The van der Waals surface area contributed by atoms with Crippen LogP contribution in [-0.2, 0) is 0 Å². The van der Waals surface area contributed by atoms with Crippen LogP contribution < -0.4 is 0 Å². The van der Waals surface area contributed by atoms with Gasteiger partial charge in [0.25, 0.3) is 0 Å². The average Bonchev–Trinajstić information content (AvgIpc) is 2.79. The van der Waals surface area contributed by atoms with E-state index >= 15 is 0 Å². The molecule has 1 heterocycles. The molecule has 1 nitrogen and oxygen atoms in total. The Labute approximate surface area is 144 Å². The third kappa shape index (κ3) is 9.18. The molecule has 0 aliphatic carbocycles. The molecule has 0 amide bonds. The third-order valence-corrected chi connectivity index (χ3v) is 4.80. The molecule has 138 valence electrons. The van der Waals surface area contributed by atoms with Crippen LogP contribution in [-0.4, -0.2) is 24.0 Å². The van der Waals surface area contributed by atoms with Crippen molar-refractivity contribution in [3.8, 4) is 0 Å². The van der Waals surface area contributed by atoms with Gasteiger partial charge in [0, 0.05) is 12.1 Å². The summed E-state index contributed by atoms with van der Waals surface area (Å²) in [6.07, 6.45) is 8.28. The minimum absolute atomic E-state index is 0.844. The Hall–Kier alpha value is -0.0400. The summed E-state index contributed by atoms with van der Waals surface area (Å²) in [6.45, 7) is 21.5. The molecule has 0 aromatic rings. The molecule has 0 saturated carbocycles. The van der Waals surface area contributed by atoms with E-state index in [0.29, 0.717) is 0 Å². The van der Waals surface area contributed by atoms with E-state index in [1.54, 1.807) is 0 Å². The average molecular weight is 316 g/mol. The van der Waals surface area contributed by atoms with E-state index in [2.05, 4.69) is 39.6 Å². The third-order valence-electron chi connectivity index (χ3n) is 4.80. The standard InChI is InChI=1S/C15H31N.3C2H6/c1-6-8-10-14-12(3)13(4)15(16(14)5)11-9-7-2;3*1-2/h12-15H,6-11H2,1-5H3;3*1-2H3. The highest BCUT2D eigenvalue weighted by Crippen LogP contribution is 2.38. The Morgan fingerprint density at radius 3 is 1.14 bits per heavy atom. The van der Waals surface area contributed by atoms with Gasteiger partial charge in [0.1, 0.15) is 0 Å². The maximum absolute atomic E-state index is 2.70. The Morgan fingerprint density at radius 2 is 0.909 bits per heavy atom. The fourth-order valence-electron chi connectivity index (χ4n) is 3.45. The number of rotatable bonds is 6. The molecule has 0 radical (unpaired) electrons. The lowest BCUT2D eigenvalue weighted by Gasteiger charge is -2.27. The van der Waals surface area contributed by atoms with Crippen molar-refractivity contribution in [3.05, 3.63) is 0 Å². The molecule has 1 aliphatic rings. The van der Waals surface area contributed by atoms with Crippen molar-refractivity contribution in [3.63, 3.8) is 0 Å². The van der Waals surface area contributed by atoms with Gasteiger partial charge in [0.05, 0.1) is 0 Å². The van der Waals surface area contributed by atoms with Crippen molar-refractivity contribution in [1.82, 2.24) is 4.90 Å². The maximum atomic E-state index is 2.70. The predicted octanol–water partition coefficient (Wildman–Crippen LogP) is 7.40. The summed E-state index contributed by atoms with van der Waals surface area (Å²) in [6, 6.07) is 1.69. The second-order valence-corrected chi connectivity index (χ2v) is 5.80. The van der Waals surface area contributed by atoms with Gasteiger partial charge < -0.3 is 0 Å². The van der Waals surface area contributed by atoms with Gasteiger partial charge in [-0.3, -0.25) is 4.90 Å². The summed E-state index contributed by atoms with van der Waals surface area (Å²) in [4.78, 5) is 2.70. The largest absolute Gasteiger partial charge is 0.300 e. The van der Waals surface area contributed by atoms with Gasteiger partial charge in [-0.2, -0.15) is 0 Å². The van der Waals surface area contributed by atoms with Crippen LogP contribution in [0.4, 0.5) is 0 Å². The second-order valence-electron chi connectivity index (χ2n) is 5.80. The van der Waals surface area contributed by atoms with E-state index < -0.39 is 0 Å². The first kappa shape index (κ1) is 26.8. The summed E-state index contributed by atoms with van der Waals surface area (Å²) in [5.74, 6) is 1.77. The van der Waals surface area contributed by atoms with Crippen LogP contribution >= 0.6 is 0 Å². The Balaban J connectivity index is -0.000000535. The minimum atomic E-state index is 0.844. The van der Waals surface area contributed by atoms with Crippen molar-refractivity contribution < 1.29 is 0 Å². The summed E-state index contributed by atoms with van der Waals surface area (Å²) in [5, 5.41) is 0. The lowest BCUT2D eigenvalue weighted by atomic mass is 9.87. The Morgan fingerprint density at radius 1 is 0.636 bits per heavy atom. The molecule has 0 aromatic heterocycles. The van der Waals surface area contributed by atoms with Gasteiger partial charge in [-0.1, -0.05) is 94.9 Å². The fraction of sp³-hybridized carbons (Fsp3) is 1.00. The fourth-order valence-corrected chi connectivity index (χ4v) is 3.45. The summed E-state index contributed by atoms with van der Waals surface area (Å²) in [7, 11) is 2.36. The molecule has 0 spiro atoms. The van der Waals surface area contributed by atoms with Gasteiger partial charge in [0.15, 0.2) is 0 Å². The van der Waals surface area contributed by atoms with Crippen molar-refractivity contribution in [2.24, 2.45) is 11.8 Å². The first-order valence-electron chi connectivity index (χ1n) is 10.3. The normalized spacial score (nSPS) is 26.9. The number of likely N-dealkylation sites (tertiary alicyclic amines) is 1. The predicted molar refractivity (Wildman–Crippen MR) is 107 cm³/mol. The molecule has 1 rings (SSSR count). The molecule has 0 aromatic carbocycles. The summed E-state index contributed by atoms with van der Waals surface area (Å²) >= 11 is 0. The molecule has 0 bridgehead atoms. The van der Waals surface area contributed by atoms with E-state index in [1.165, 1.54) is 38.5 Å². The van der Waals surface area contributed by atoms with Gasteiger partial charge in [-0.05, 0) is 31.7 Å². The number of hydrogen-bond acceptors (Lipinski definition) is 1. The van der Waals surface area contributed by atoms with Gasteiger partial charge in [-0.25, -0.2) is 0 Å². The van der Waals surface area contributed by atoms with E-state index in [4.69, 9.17) is 0 Å². The van der Waals surface area contributed by atoms with Crippen molar-refractivity contribution in [2.45, 2.75) is 120 Å². The zero-order valence-corrected chi connectivity index (χ0v) is 18.0. The van der Waals surface area contributed by atoms with Crippen molar-refractivity contribution in [1.29, 1.82) is 0 Å². The second kappa shape index (κ2) is 19.0. The number of unbranched alkanes of at least 4 members (excludes halogenated alkanes) is 2. The highest BCUT2D eigenvalue weighted by Gasteiger charge is 2.40. The summed E-state index contributed by atoms with van der Waals surface area (Å²) in [5.41, 5.74) is 0. The highest BCUT2D eigenvalue weighted by molar-refractivity contribution is 4.94. The lowest BCUT2D eigenvalue weighted by molar-refractivity contribution is 0.199. The van der Waals surface area contributed by atoms with Gasteiger partial charge in [0.2, 0.25) is 0 Å². The molecule has 22 heavy (non-hydrogen) atoms. The Kier molecular flexibility index (Phi) is 23.2. The van der Waals surface area contributed by atoms with Gasteiger partial charge in [-0.15, -0.1) is 0 Å². The first-order valence-corrected chi connectivity index (χ1v) is 10.3.